The third-order valence-corrected chi connectivity index (χ3v) is 5.60. The average molecular weight is 468 g/mol. The van der Waals surface area contributed by atoms with Crippen LogP contribution in [-0.2, 0) is 16.1 Å². The summed E-state index contributed by atoms with van der Waals surface area (Å²) < 4.78 is 44.9. The van der Waals surface area contributed by atoms with Crippen molar-refractivity contribution in [1.82, 2.24) is 5.06 Å². The van der Waals surface area contributed by atoms with E-state index in [0.717, 1.165) is 16.2 Å². The molecule has 3 aromatic carbocycles. The summed E-state index contributed by atoms with van der Waals surface area (Å²) in [7, 11) is 1.56. The van der Waals surface area contributed by atoms with E-state index < -0.39 is 24.2 Å². The highest BCUT2D eigenvalue weighted by Crippen LogP contribution is 2.43. The number of hydrogen-bond acceptors (Lipinski definition) is 5. The number of carbonyl (C=O) groups excluding carboxylic acids is 1. The molecule has 8 heteroatoms. The Labute approximate surface area is 195 Å². The van der Waals surface area contributed by atoms with E-state index >= 15 is 0 Å². The molecule has 1 aliphatic rings. The van der Waals surface area contributed by atoms with Crippen LogP contribution < -0.4 is 4.74 Å². The first-order valence-electron chi connectivity index (χ1n) is 10.8. The van der Waals surface area contributed by atoms with Crippen molar-refractivity contribution < 1.29 is 27.5 Å². The number of aliphatic imine (C=N–C) groups is 1. The Morgan fingerprint density at radius 1 is 0.882 bits per heavy atom. The number of methoxy groups -OCH3 is 1. The minimum Gasteiger partial charge on any atom is -0.496 e. The number of alkyl halides is 3. The van der Waals surface area contributed by atoms with Crippen molar-refractivity contribution >= 4 is 11.8 Å². The molecule has 2 atom stereocenters. The summed E-state index contributed by atoms with van der Waals surface area (Å²) in [5, 5.41) is 1.03. The van der Waals surface area contributed by atoms with Gasteiger partial charge in [0.15, 0.2) is 0 Å². The van der Waals surface area contributed by atoms with Gasteiger partial charge in [-0.2, -0.15) is 18.2 Å². The Morgan fingerprint density at radius 3 is 2.09 bits per heavy atom. The van der Waals surface area contributed by atoms with Crippen LogP contribution in [0.4, 0.5) is 13.2 Å². The number of amidine groups is 1. The Kier molecular flexibility index (Phi) is 6.86. The Bertz CT molecular complexity index is 1150. The first kappa shape index (κ1) is 23.4. The second-order valence-electron chi connectivity index (χ2n) is 7.77. The molecule has 0 saturated heterocycles. The monoisotopic (exact) mass is 468 g/mol. The van der Waals surface area contributed by atoms with E-state index in [0.29, 0.717) is 17.7 Å². The van der Waals surface area contributed by atoms with Gasteiger partial charge in [-0.3, -0.25) is 4.99 Å². The van der Waals surface area contributed by atoms with Crippen molar-refractivity contribution in [3.8, 4) is 5.75 Å². The lowest BCUT2D eigenvalue weighted by molar-refractivity contribution is -0.230. The van der Waals surface area contributed by atoms with Crippen molar-refractivity contribution in [3.05, 3.63) is 102 Å². The number of hydrogen-bond donors (Lipinski definition) is 0. The number of nitrogens with zero attached hydrogens (tertiary/aromatic N) is 2. The molecule has 34 heavy (non-hydrogen) atoms. The first-order valence-corrected chi connectivity index (χ1v) is 10.8. The molecule has 0 amide bonds. The van der Waals surface area contributed by atoms with Gasteiger partial charge in [0.25, 0.3) is 0 Å². The van der Waals surface area contributed by atoms with Gasteiger partial charge in [-0.25, -0.2) is 4.79 Å². The first-order chi connectivity index (χ1) is 16.4. The second-order valence-corrected chi connectivity index (χ2v) is 7.77. The number of benzene rings is 3. The third kappa shape index (κ3) is 5.06. The van der Waals surface area contributed by atoms with Gasteiger partial charge in [-0.15, -0.1) is 0 Å². The fourth-order valence-corrected chi connectivity index (χ4v) is 4.03. The van der Waals surface area contributed by atoms with E-state index in [4.69, 9.17) is 14.6 Å². The van der Waals surface area contributed by atoms with Crippen molar-refractivity contribution in [2.45, 2.75) is 31.1 Å². The third-order valence-electron chi connectivity index (χ3n) is 5.60. The summed E-state index contributed by atoms with van der Waals surface area (Å²) in [4.78, 5) is 21.6. The highest BCUT2D eigenvalue weighted by atomic mass is 19.4. The summed E-state index contributed by atoms with van der Waals surface area (Å²) in [6, 6.07) is 24.3. The molecule has 176 valence electrons. The fraction of sp³-hybridized carbons (Fsp3) is 0.231. The van der Waals surface area contributed by atoms with Gasteiger partial charge < -0.3 is 9.57 Å². The summed E-state index contributed by atoms with van der Waals surface area (Å²) in [6.07, 6.45) is -4.45. The van der Waals surface area contributed by atoms with Crippen molar-refractivity contribution in [2.75, 3.05) is 7.11 Å². The fourth-order valence-electron chi connectivity index (χ4n) is 4.03. The molecule has 1 heterocycles. The lowest BCUT2D eigenvalue weighted by Gasteiger charge is -2.29. The average Bonchev–Trinajstić information content (AvgIpc) is 3.21. The van der Waals surface area contributed by atoms with E-state index in [-0.39, 0.29) is 12.3 Å². The van der Waals surface area contributed by atoms with Crippen LogP contribution in [0, 0.1) is 0 Å². The molecule has 4 rings (SSSR count). The molecule has 0 spiro atoms. The van der Waals surface area contributed by atoms with Crippen LogP contribution >= 0.6 is 0 Å². The standard InChI is InChI=1S/C26H23F3N2O3/c1-33-21-15-9-8-10-18(21)16-17-22-30-23(19-11-4-2-5-12-19)24(20-13-6-3-7-14-20)31(22)34-25(32)26(27,28)29/h2-15,23-24H,16-17H2,1H3. The molecule has 2 unspecified atom stereocenters. The lowest BCUT2D eigenvalue weighted by atomic mass is 9.94. The molecular formula is C26H23F3N2O3. The number of hydroxylamine groups is 2. The molecule has 0 fully saturated rings. The summed E-state index contributed by atoms with van der Waals surface area (Å²) in [5.74, 6) is -1.36. The molecule has 3 aromatic rings. The zero-order chi connectivity index (χ0) is 24.1. The summed E-state index contributed by atoms with van der Waals surface area (Å²) in [5.41, 5.74) is 2.35. The maximum absolute atomic E-state index is 13.2. The Balaban J connectivity index is 1.73. The SMILES string of the molecule is COc1ccccc1CCC1=NC(c2ccccc2)C(c2ccccc2)N1OC(=O)C(F)(F)F. The molecule has 0 aliphatic carbocycles. The second kappa shape index (κ2) is 9.99. The van der Waals surface area contributed by atoms with Gasteiger partial charge in [0, 0.05) is 6.42 Å². The molecular weight excluding hydrogens is 445 g/mol. The predicted octanol–water partition coefficient (Wildman–Crippen LogP) is 5.85. The maximum atomic E-state index is 13.2. The van der Waals surface area contributed by atoms with E-state index in [1.54, 1.807) is 31.4 Å². The highest BCUT2D eigenvalue weighted by molar-refractivity contribution is 5.86. The van der Waals surface area contributed by atoms with Crippen LogP contribution in [0.2, 0.25) is 0 Å². The molecule has 0 aromatic heterocycles. The quantitative estimate of drug-likeness (QED) is 0.437. The Morgan fingerprint density at radius 2 is 1.47 bits per heavy atom. The molecule has 5 nitrogen and oxygen atoms in total. The van der Waals surface area contributed by atoms with Crippen molar-refractivity contribution in [1.29, 1.82) is 0 Å². The number of ether oxygens (including phenoxy) is 1. The predicted molar refractivity (Wildman–Crippen MR) is 121 cm³/mol. The summed E-state index contributed by atoms with van der Waals surface area (Å²) in [6.45, 7) is 0. The number of carbonyl (C=O) groups is 1. The minimum absolute atomic E-state index is 0.248. The van der Waals surface area contributed by atoms with E-state index in [1.165, 1.54) is 0 Å². The lowest BCUT2D eigenvalue weighted by Crippen LogP contribution is -2.39. The maximum Gasteiger partial charge on any atom is 0.493 e. The molecule has 0 bridgehead atoms. The molecule has 0 radical (unpaired) electrons. The zero-order valence-electron chi connectivity index (χ0n) is 18.4. The summed E-state index contributed by atoms with van der Waals surface area (Å²) >= 11 is 0. The van der Waals surface area contributed by atoms with Gasteiger partial charge in [0.1, 0.15) is 23.7 Å². The van der Waals surface area contributed by atoms with Gasteiger partial charge in [-0.05, 0) is 29.2 Å². The Hall–Kier alpha value is -3.81. The van der Waals surface area contributed by atoms with E-state index in [2.05, 4.69) is 0 Å². The van der Waals surface area contributed by atoms with Gasteiger partial charge in [0.2, 0.25) is 0 Å². The molecule has 1 aliphatic heterocycles. The van der Waals surface area contributed by atoms with Crippen LogP contribution in [-0.4, -0.2) is 30.2 Å². The van der Waals surface area contributed by atoms with Crippen LogP contribution in [0.5, 0.6) is 5.75 Å². The van der Waals surface area contributed by atoms with E-state index in [1.807, 2.05) is 60.7 Å². The smallest absolute Gasteiger partial charge is 0.493 e. The molecule has 0 saturated carbocycles. The highest BCUT2D eigenvalue weighted by Gasteiger charge is 2.47. The number of rotatable bonds is 7. The topological polar surface area (TPSA) is 51.1 Å². The van der Waals surface area contributed by atoms with E-state index in [9.17, 15) is 18.0 Å². The zero-order valence-corrected chi connectivity index (χ0v) is 18.4. The van der Waals surface area contributed by atoms with Crippen LogP contribution in [0.3, 0.4) is 0 Å². The van der Waals surface area contributed by atoms with Crippen LogP contribution in [0.15, 0.2) is 89.9 Å². The molecule has 0 N–H and O–H groups in total. The largest absolute Gasteiger partial charge is 0.496 e. The van der Waals surface area contributed by atoms with Crippen molar-refractivity contribution in [3.63, 3.8) is 0 Å². The van der Waals surface area contributed by atoms with Crippen LogP contribution in [0.25, 0.3) is 0 Å². The number of halogens is 3. The normalized spacial score (nSPS) is 17.9. The van der Waals surface area contributed by atoms with Crippen LogP contribution in [0.1, 0.15) is 35.2 Å². The van der Waals surface area contributed by atoms with Gasteiger partial charge in [-0.1, -0.05) is 78.9 Å². The number of aryl methyl sites for hydroxylation is 1. The van der Waals surface area contributed by atoms with Crippen molar-refractivity contribution in [2.24, 2.45) is 4.99 Å². The van der Waals surface area contributed by atoms with Gasteiger partial charge >= 0.3 is 12.1 Å². The number of para-hydroxylation sites is 1. The minimum atomic E-state index is -5.14. The van der Waals surface area contributed by atoms with Gasteiger partial charge in [0.05, 0.1) is 7.11 Å².